The molecular weight excluding hydrogens is 268 g/mol. The topological polar surface area (TPSA) is 75.8 Å². The molecule has 0 bridgehead atoms. The normalized spacial score (nSPS) is 22.9. The number of benzene rings is 1. The number of hydrogen-bond donors (Lipinski definition) is 2. The fraction of sp³-hybridized carbons (Fsp3) is 0.562. The molecule has 3 N–H and O–H groups in total. The van der Waals surface area contributed by atoms with Crippen LogP contribution in [0.3, 0.4) is 0 Å². The van der Waals surface area contributed by atoms with Crippen molar-refractivity contribution in [1.29, 1.82) is 0 Å². The number of carbonyl (C=O) groups is 1. The van der Waals surface area contributed by atoms with Gasteiger partial charge in [0.2, 0.25) is 5.91 Å². The zero-order valence-electron chi connectivity index (χ0n) is 12.7. The molecule has 0 radical (unpaired) electrons. The highest BCUT2D eigenvalue weighted by Crippen LogP contribution is 2.21. The molecule has 5 nitrogen and oxygen atoms in total. The van der Waals surface area contributed by atoms with E-state index in [0.29, 0.717) is 19.5 Å². The first-order chi connectivity index (χ1) is 9.91. The predicted octanol–water partition coefficient (Wildman–Crippen LogP) is 0.555. The number of rotatable bonds is 4. The lowest BCUT2D eigenvalue weighted by Gasteiger charge is -2.43. The van der Waals surface area contributed by atoms with E-state index in [2.05, 4.69) is 0 Å². The van der Waals surface area contributed by atoms with Gasteiger partial charge in [0.25, 0.3) is 0 Å². The molecule has 0 aromatic heterocycles. The van der Waals surface area contributed by atoms with Crippen molar-refractivity contribution in [3.8, 4) is 0 Å². The van der Waals surface area contributed by atoms with Crippen LogP contribution in [0, 0.1) is 0 Å². The van der Waals surface area contributed by atoms with Crippen molar-refractivity contribution in [1.82, 2.24) is 4.90 Å². The van der Waals surface area contributed by atoms with E-state index >= 15 is 0 Å². The van der Waals surface area contributed by atoms with Crippen LogP contribution in [0.1, 0.15) is 19.4 Å². The van der Waals surface area contributed by atoms with Crippen LogP contribution in [-0.4, -0.2) is 53.4 Å². The van der Waals surface area contributed by atoms with Crippen molar-refractivity contribution in [2.24, 2.45) is 5.73 Å². The minimum Gasteiger partial charge on any atom is -0.394 e. The quantitative estimate of drug-likeness (QED) is 0.850. The van der Waals surface area contributed by atoms with E-state index in [-0.39, 0.29) is 18.6 Å². The Morgan fingerprint density at radius 2 is 2.14 bits per heavy atom. The Bertz CT molecular complexity index is 476. The molecule has 0 saturated carbocycles. The molecule has 2 rings (SSSR count). The van der Waals surface area contributed by atoms with Gasteiger partial charge in [-0.1, -0.05) is 30.3 Å². The number of nitrogens with zero attached hydrogens (tertiary/aromatic N) is 1. The van der Waals surface area contributed by atoms with Gasteiger partial charge in [0.15, 0.2) is 0 Å². The standard InChI is InChI=1S/C16H24N2O3/c1-16(2)11-18(9-13(10-19)21-16)15(20)14(17)8-12-6-4-3-5-7-12/h3-7,13-14,19H,8-11,17H2,1-2H3/t13?,14-/m0/s1. The second kappa shape index (κ2) is 6.56. The highest BCUT2D eigenvalue weighted by molar-refractivity contribution is 5.82. The number of morpholine rings is 1. The van der Waals surface area contributed by atoms with E-state index < -0.39 is 11.6 Å². The fourth-order valence-corrected chi connectivity index (χ4v) is 2.75. The van der Waals surface area contributed by atoms with Gasteiger partial charge in [0.1, 0.15) is 0 Å². The Balaban J connectivity index is 2.01. The molecular formula is C16H24N2O3. The lowest BCUT2D eigenvalue weighted by Crippen LogP contribution is -2.58. The fourth-order valence-electron chi connectivity index (χ4n) is 2.75. The predicted molar refractivity (Wildman–Crippen MR) is 80.7 cm³/mol. The van der Waals surface area contributed by atoms with Crippen molar-refractivity contribution in [2.75, 3.05) is 19.7 Å². The van der Waals surface area contributed by atoms with Crippen molar-refractivity contribution in [3.05, 3.63) is 35.9 Å². The first-order valence-corrected chi connectivity index (χ1v) is 7.28. The number of nitrogens with two attached hydrogens (primary N) is 1. The Labute approximate surface area is 125 Å². The molecule has 1 aromatic carbocycles. The van der Waals surface area contributed by atoms with Crippen LogP contribution in [0.4, 0.5) is 0 Å². The summed E-state index contributed by atoms with van der Waals surface area (Å²) in [5, 5.41) is 9.30. The highest BCUT2D eigenvalue weighted by atomic mass is 16.5. The number of ether oxygens (including phenoxy) is 1. The van der Waals surface area contributed by atoms with Gasteiger partial charge in [-0.25, -0.2) is 0 Å². The zero-order chi connectivity index (χ0) is 15.5. The van der Waals surface area contributed by atoms with Crippen LogP contribution in [0.5, 0.6) is 0 Å². The van der Waals surface area contributed by atoms with Gasteiger partial charge in [0, 0.05) is 13.1 Å². The molecule has 116 valence electrons. The summed E-state index contributed by atoms with van der Waals surface area (Å²) in [6.45, 7) is 4.61. The summed E-state index contributed by atoms with van der Waals surface area (Å²) in [6.07, 6.45) is 0.169. The maximum atomic E-state index is 12.5. The third kappa shape index (κ3) is 4.27. The Morgan fingerprint density at radius 3 is 2.76 bits per heavy atom. The maximum Gasteiger partial charge on any atom is 0.240 e. The molecule has 1 amide bonds. The summed E-state index contributed by atoms with van der Waals surface area (Å²) < 4.78 is 5.72. The van der Waals surface area contributed by atoms with Gasteiger partial charge in [-0.2, -0.15) is 0 Å². The van der Waals surface area contributed by atoms with Crippen molar-refractivity contribution >= 4 is 5.91 Å². The van der Waals surface area contributed by atoms with Crippen LogP contribution in [-0.2, 0) is 16.0 Å². The van der Waals surface area contributed by atoms with Crippen LogP contribution in [0.2, 0.25) is 0 Å². The van der Waals surface area contributed by atoms with E-state index in [4.69, 9.17) is 10.5 Å². The van der Waals surface area contributed by atoms with E-state index in [9.17, 15) is 9.90 Å². The minimum atomic E-state index is -0.569. The summed E-state index contributed by atoms with van der Waals surface area (Å²) in [7, 11) is 0. The van der Waals surface area contributed by atoms with Gasteiger partial charge in [0.05, 0.1) is 24.4 Å². The van der Waals surface area contributed by atoms with E-state index in [1.165, 1.54) is 0 Å². The van der Waals surface area contributed by atoms with Crippen molar-refractivity contribution < 1.29 is 14.6 Å². The number of amides is 1. The summed E-state index contributed by atoms with van der Waals surface area (Å²) in [5.74, 6) is -0.0892. The average Bonchev–Trinajstić information content (AvgIpc) is 2.45. The molecule has 1 saturated heterocycles. The second-order valence-corrected chi connectivity index (χ2v) is 6.20. The first kappa shape index (κ1) is 15.9. The monoisotopic (exact) mass is 292 g/mol. The van der Waals surface area contributed by atoms with E-state index in [0.717, 1.165) is 5.56 Å². The van der Waals surface area contributed by atoms with E-state index in [1.54, 1.807) is 4.90 Å². The molecule has 21 heavy (non-hydrogen) atoms. The SMILES string of the molecule is CC1(C)CN(C(=O)[C@@H](N)Cc2ccccc2)CC(CO)O1. The van der Waals surface area contributed by atoms with Gasteiger partial charge in [-0.05, 0) is 25.8 Å². The smallest absolute Gasteiger partial charge is 0.240 e. The van der Waals surface area contributed by atoms with Crippen LogP contribution in [0.15, 0.2) is 30.3 Å². The average molecular weight is 292 g/mol. The third-order valence-electron chi connectivity index (χ3n) is 3.61. The number of aliphatic hydroxyl groups excluding tert-OH is 1. The van der Waals surface area contributed by atoms with Gasteiger partial charge >= 0.3 is 0 Å². The van der Waals surface area contributed by atoms with Gasteiger partial charge in [-0.15, -0.1) is 0 Å². The summed E-state index contributed by atoms with van der Waals surface area (Å²) in [6, 6.07) is 9.17. The summed E-state index contributed by atoms with van der Waals surface area (Å²) in [4.78, 5) is 14.2. The van der Waals surface area contributed by atoms with E-state index in [1.807, 2.05) is 44.2 Å². The number of aliphatic hydroxyl groups is 1. The summed E-state index contributed by atoms with van der Waals surface area (Å²) in [5.41, 5.74) is 6.64. The van der Waals surface area contributed by atoms with Gasteiger partial charge in [-0.3, -0.25) is 4.79 Å². The van der Waals surface area contributed by atoms with Crippen LogP contribution in [0.25, 0.3) is 0 Å². The molecule has 0 spiro atoms. The van der Waals surface area contributed by atoms with Crippen LogP contribution >= 0.6 is 0 Å². The largest absolute Gasteiger partial charge is 0.394 e. The van der Waals surface area contributed by atoms with Crippen molar-refractivity contribution in [3.63, 3.8) is 0 Å². The number of hydrogen-bond acceptors (Lipinski definition) is 4. The molecule has 1 heterocycles. The number of carbonyl (C=O) groups excluding carboxylic acids is 1. The highest BCUT2D eigenvalue weighted by Gasteiger charge is 2.36. The Kier molecular flexibility index (Phi) is 4.98. The molecule has 1 fully saturated rings. The molecule has 1 aliphatic rings. The summed E-state index contributed by atoms with van der Waals surface area (Å²) >= 11 is 0. The molecule has 0 aliphatic carbocycles. The molecule has 1 unspecified atom stereocenters. The minimum absolute atomic E-state index is 0.0892. The first-order valence-electron chi connectivity index (χ1n) is 7.28. The van der Waals surface area contributed by atoms with Gasteiger partial charge < -0.3 is 20.5 Å². The molecule has 5 heteroatoms. The molecule has 1 aromatic rings. The molecule has 1 aliphatic heterocycles. The Morgan fingerprint density at radius 1 is 1.48 bits per heavy atom. The Hall–Kier alpha value is -1.43. The lowest BCUT2D eigenvalue weighted by atomic mass is 10.0. The third-order valence-corrected chi connectivity index (χ3v) is 3.61. The zero-order valence-corrected chi connectivity index (χ0v) is 12.7. The second-order valence-electron chi connectivity index (χ2n) is 6.20. The van der Waals surface area contributed by atoms with Crippen LogP contribution < -0.4 is 5.73 Å². The maximum absolute atomic E-state index is 12.5. The lowest BCUT2D eigenvalue weighted by molar-refractivity contribution is -0.167. The van der Waals surface area contributed by atoms with Crippen molar-refractivity contribution in [2.45, 2.75) is 38.0 Å². The molecule has 2 atom stereocenters.